The average molecular weight is 163 g/mol. The van der Waals surface area contributed by atoms with Crippen LogP contribution in [0.1, 0.15) is 11.3 Å². The van der Waals surface area contributed by atoms with Crippen molar-refractivity contribution < 1.29 is 0 Å². The Morgan fingerprint density at radius 2 is 2.27 bits per heavy atom. The Labute approximate surface area is 69.4 Å². The molecular weight excluding hydrogens is 160 g/mol. The lowest BCUT2D eigenvalue weighted by molar-refractivity contribution is 1.27. The first-order valence-corrected chi connectivity index (χ1v) is 3.19. The van der Waals surface area contributed by atoms with Crippen LogP contribution in [-0.4, -0.2) is 4.98 Å². The molecule has 1 heterocycles. The number of pyridine rings is 1. The van der Waals surface area contributed by atoms with Gasteiger partial charge in [-0.15, -0.1) is 6.42 Å². The predicted octanol–water partition coefficient (Wildman–Crippen LogP) is 1.59. The van der Waals surface area contributed by atoms with Gasteiger partial charge in [0, 0.05) is 0 Å². The first-order chi connectivity index (χ1) is 5.27. The highest BCUT2D eigenvalue weighted by atomic mass is 35.5. The van der Waals surface area contributed by atoms with E-state index in [4.69, 9.17) is 23.3 Å². The fraction of sp³-hybridized carbons (Fsp3) is 0. The third-order valence-electron chi connectivity index (χ3n) is 1.12. The van der Waals surface area contributed by atoms with Gasteiger partial charge in [0.1, 0.15) is 16.9 Å². The van der Waals surface area contributed by atoms with Crippen LogP contribution in [0.3, 0.4) is 0 Å². The van der Waals surface area contributed by atoms with Gasteiger partial charge in [-0.25, -0.2) is 4.98 Å². The molecule has 0 saturated heterocycles. The van der Waals surface area contributed by atoms with Gasteiger partial charge in [-0.2, -0.15) is 5.26 Å². The minimum absolute atomic E-state index is 0.156. The molecule has 11 heavy (non-hydrogen) atoms. The van der Waals surface area contributed by atoms with E-state index < -0.39 is 0 Å². The summed E-state index contributed by atoms with van der Waals surface area (Å²) in [6, 6.07) is 5.00. The SMILES string of the molecule is C#Cc1ccc(C#N)c(Cl)n1. The highest BCUT2D eigenvalue weighted by molar-refractivity contribution is 6.30. The van der Waals surface area contributed by atoms with Gasteiger partial charge in [-0.05, 0) is 12.1 Å². The van der Waals surface area contributed by atoms with Gasteiger partial charge in [-0.1, -0.05) is 17.5 Å². The summed E-state index contributed by atoms with van der Waals surface area (Å²) < 4.78 is 0. The van der Waals surface area contributed by atoms with Crippen molar-refractivity contribution in [2.75, 3.05) is 0 Å². The molecule has 0 saturated carbocycles. The number of aromatic nitrogens is 1. The molecule has 0 amide bonds. The number of halogens is 1. The van der Waals surface area contributed by atoms with E-state index in [1.807, 2.05) is 6.07 Å². The summed E-state index contributed by atoms with van der Waals surface area (Å²) in [4.78, 5) is 3.77. The molecule has 0 aliphatic rings. The lowest BCUT2D eigenvalue weighted by atomic mass is 10.3. The summed E-state index contributed by atoms with van der Waals surface area (Å²) in [6.45, 7) is 0. The van der Waals surface area contributed by atoms with Crippen LogP contribution in [0.2, 0.25) is 5.15 Å². The van der Waals surface area contributed by atoms with Crippen molar-refractivity contribution in [3.8, 4) is 18.4 Å². The quantitative estimate of drug-likeness (QED) is 0.429. The molecule has 0 fully saturated rings. The summed E-state index contributed by atoms with van der Waals surface area (Å²) in [5.41, 5.74) is 0.777. The number of terminal acetylenes is 1. The molecule has 1 aromatic heterocycles. The normalized spacial score (nSPS) is 8.27. The lowest BCUT2D eigenvalue weighted by Crippen LogP contribution is -1.85. The average Bonchev–Trinajstić information content (AvgIpc) is 2.04. The van der Waals surface area contributed by atoms with Gasteiger partial charge in [0.25, 0.3) is 0 Å². The third kappa shape index (κ3) is 1.49. The van der Waals surface area contributed by atoms with Gasteiger partial charge in [-0.3, -0.25) is 0 Å². The second-order valence-corrected chi connectivity index (χ2v) is 2.15. The van der Waals surface area contributed by atoms with Crippen molar-refractivity contribution in [1.82, 2.24) is 4.98 Å². The van der Waals surface area contributed by atoms with Crippen LogP contribution < -0.4 is 0 Å². The molecule has 0 unspecified atom stereocenters. The Hall–Kier alpha value is -1.51. The molecule has 1 rings (SSSR count). The highest BCUT2D eigenvalue weighted by Crippen LogP contribution is 2.11. The van der Waals surface area contributed by atoms with Crippen LogP contribution in [0.5, 0.6) is 0 Å². The molecule has 2 nitrogen and oxygen atoms in total. The van der Waals surface area contributed by atoms with Crippen LogP contribution in [0.15, 0.2) is 12.1 Å². The van der Waals surface area contributed by atoms with E-state index >= 15 is 0 Å². The van der Waals surface area contributed by atoms with Crippen molar-refractivity contribution >= 4 is 11.6 Å². The Balaban J connectivity index is 3.25. The lowest BCUT2D eigenvalue weighted by Gasteiger charge is -1.92. The first kappa shape index (κ1) is 7.60. The molecule has 0 aliphatic heterocycles. The molecule has 0 atom stereocenters. The molecule has 0 N–H and O–H groups in total. The van der Waals surface area contributed by atoms with Crippen LogP contribution >= 0.6 is 11.6 Å². The molecule has 52 valence electrons. The van der Waals surface area contributed by atoms with Crippen molar-refractivity contribution in [2.24, 2.45) is 0 Å². The second-order valence-electron chi connectivity index (χ2n) is 1.79. The predicted molar refractivity (Wildman–Crippen MR) is 41.9 cm³/mol. The molecule has 0 radical (unpaired) electrons. The summed E-state index contributed by atoms with van der Waals surface area (Å²) in [6.07, 6.45) is 5.06. The minimum atomic E-state index is 0.156. The van der Waals surface area contributed by atoms with Crippen molar-refractivity contribution in [1.29, 1.82) is 5.26 Å². The van der Waals surface area contributed by atoms with E-state index in [0.29, 0.717) is 11.3 Å². The van der Waals surface area contributed by atoms with Gasteiger partial charge in [0.15, 0.2) is 0 Å². The number of hydrogen-bond acceptors (Lipinski definition) is 2. The van der Waals surface area contributed by atoms with E-state index in [9.17, 15) is 0 Å². The van der Waals surface area contributed by atoms with E-state index in [-0.39, 0.29) is 5.15 Å². The van der Waals surface area contributed by atoms with Crippen LogP contribution in [0.25, 0.3) is 0 Å². The van der Waals surface area contributed by atoms with Crippen molar-refractivity contribution in [3.05, 3.63) is 28.5 Å². The van der Waals surface area contributed by atoms with Crippen LogP contribution in [0.4, 0.5) is 0 Å². The molecule has 0 spiro atoms. The smallest absolute Gasteiger partial charge is 0.148 e. The van der Waals surface area contributed by atoms with E-state index in [0.717, 1.165) is 0 Å². The Morgan fingerprint density at radius 3 is 2.73 bits per heavy atom. The van der Waals surface area contributed by atoms with Crippen molar-refractivity contribution in [3.63, 3.8) is 0 Å². The molecule has 0 aromatic carbocycles. The zero-order valence-electron chi connectivity index (χ0n) is 5.50. The van der Waals surface area contributed by atoms with Gasteiger partial charge in [0.05, 0.1) is 5.56 Å². The standard InChI is InChI=1S/C8H3ClN2/c1-2-7-4-3-6(5-10)8(9)11-7/h1,3-4H. The van der Waals surface area contributed by atoms with Gasteiger partial charge >= 0.3 is 0 Å². The fourth-order valence-electron chi connectivity index (χ4n) is 0.598. The topological polar surface area (TPSA) is 36.7 Å². The molecule has 1 aromatic rings. The summed E-state index contributed by atoms with van der Waals surface area (Å²) in [5.74, 6) is 2.31. The fourth-order valence-corrected chi connectivity index (χ4v) is 0.794. The van der Waals surface area contributed by atoms with E-state index in [2.05, 4.69) is 10.9 Å². The summed E-state index contributed by atoms with van der Waals surface area (Å²) in [7, 11) is 0. The monoisotopic (exact) mass is 162 g/mol. The number of nitriles is 1. The summed E-state index contributed by atoms with van der Waals surface area (Å²) >= 11 is 5.58. The Bertz CT molecular complexity index is 357. The van der Waals surface area contributed by atoms with Gasteiger partial charge in [0.2, 0.25) is 0 Å². The zero-order chi connectivity index (χ0) is 8.27. The maximum atomic E-state index is 8.46. The Morgan fingerprint density at radius 1 is 1.55 bits per heavy atom. The molecule has 3 heteroatoms. The third-order valence-corrected chi connectivity index (χ3v) is 1.41. The van der Waals surface area contributed by atoms with Crippen molar-refractivity contribution in [2.45, 2.75) is 0 Å². The molecular formula is C8H3ClN2. The van der Waals surface area contributed by atoms with Crippen LogP contribution in [-0.2, 0) is 0 Å². The van der Waals surface area contributed by atoms with Crippen LogP contribution in [0, 0.1) is 23.7 Å². The maximum absolute atomic E-state index is 8.46. The summed E-state index contributed by atoms with van der Waals surface area (Å²) in [5, 5.41) is 8.61. The zero-order valence-corrected chi connectivity index (χ0v) is 6.26. The highest BCUT2D eigenvalue weighted by Gasteiger charge is 1.99. The second kappa shape index (κ2) is 3.05. The van der Waals surface area contributed by atoms with E-state index in [1.165, 1.54) is 0 Å². The number of nitrogens with zero attached hydrogens (tertiary/aromatic N) is 2. The first-order valence-electron chi connectivity index (χ1n) is 2.81. The van der Waals surface area contributed by atoms with Gasteiger partial charge < -0.3 is 0 Å². The number of hydrogen-bond donors (Lipinski definition) is 0. The maximum Gasteiger partial charge on any atom is 0.148 e. The minimum Gasteiger partial charge on any atom is -0.226 e. The molecule has 0 bridgehead atoms. The number of rotatable bonds is 0. The molecule has 0 aliphatic carbocycles. The van der Waals surface area contributed by atoms with E-state index in [1.54, 1.807) is 12.1 Å². The Kier molecular flexibility index (Phi) is 2.11. The largest absolute Gasteiger partial charge is 0.226 e.